The number of hydrogen-bond acceptors (Lipinski definition) is 3. The predicted molar refractivity (Wildman–Crippen MR) is 114 cm³/mol. The predicted octanol–water partition coefficient (Wildman–Crippen LogP) is 5.37. The van der Waals surface area contributed by atoms with Crippen LogP contribution in [0.15, 0.2) is 30.3 Å². The third kappa shape index (κ3) is 6.01. The molecule has 28 heavy (non-hydrogen) atoms. The van der Waals surface area contributed by atoms with Crippen LogP contribution < -0.4 is 14.8 Å². The van der Waals surface area contributed by atoms with Crippen LogP contribution >= 0.6 is 0 Å². The summed E-state index contributed by atoms with van der Waals surface area (Å²) in [6, 6.07) is 9.73. The van der Waals surface area contributed by atoms with Crippen LogP contribution in [0.1, 0.15) is 59.8 Å². The Morgan fingerprint density at radius 3 is 2.46 bits per heavy atom. The molecular formula is C24H33NO3. The minimum Gasteiger partial charge on any atom is -0.493 e. The Hall–Kier alpha value is -2.49. The minimum atomic E-state index is -0.0625. The Kier molecular flexibility index (Phi) is 7.91. The second-order valence-corrected chi connectivity index (χ2v) is 7.69. The van der Waals surface area contributed by atoms with Gasteiger partial charge in [0.2, 0.25) is 0 Å². The van der Waals surface area contributed by atoms with Crippen LogP contribution in [0.5, 0.6) is 11.5 Å². The molecule has 0 aliphatic rings. The molecule has 1 amide bonds. The first-order valence-corrected chi connectivity index (χ1v) is 10.1. The van der Waals surface area contributed by atoms with Gasteiger partial charge in [-0.05, 0) is 81.0 Å². The van der Waals surface area contributed by atoms with E-state index in [1.807, 2.05) is 25.1 Å². The van der Waals surface area contributed by atoms with Crippen molar-refractivity contribution in [2.24, 2.45) is 5.92 Å². The van der Waals surface area contributed by atoms with Gasteiger partial charge in [0.15, 0.2) is 0 Å². The third-order valence-electron chi connectivity index (χ3n) is 4.78. The number of benzene rings is 2. The van der Waals surface area contributed by atoms with Gasteiger partial charge in [-0.1, -0.05) is 19.9 Å². The van der Waals surface area contributed by atoms with E-state index in [4.69, 9.17) is 9.47 Å². The fourth-order valence-electron chi connectivity index (χ4n) is 3.01. The molecule has 0 fully saturated rings. The fourth-order valence-corrected chi connectivity index (χ4v) is 3.01. The summed E-state index contributed by atoms with van der Waals surface area (Å²) in [5.41, 5.74) is 5.01. The van der Waals surface area contributed by atoms with E-state index in [1.165, 1.54) is 11.1 Å². The standard InChI is InChI=1S/C24H33NO3/c1-7-27-22-9-8-20(24(26)25-11-10-16(2)3)14-21(22)15-28-23-13-17(4)12-18(5)19(23)6/h8-9,12-14,16H,7,10-11,15H2,1-6H3,(H,25,26). The summed E-state index contributed by atoms with van der Waals surface area (Å²) in [5.74, 6) is 2.12. The van der Waals surface area contributed by atoms with Crippen molar-refractivity contribution in [3.05, 3.63) is 58.1 Å². The molecule has 0 saturated heterocycles. The molecule has 0 aliphatic heterocycles. The molecule has 0 spiro atoms. The SMILES string of the molecule is CCOc1ccc(C(=O)NCCC(C)C)cc1COc1cc(C)cc(C)c1C. The van der Waals surface area contributed by atoms with E-state index in [0.29, 0.717) is 31.2 Å². The number of amides is 1. The Labute approximate surface area is 169 Å². The largest absolute Gasteiger partial charge is 0.493 e. The van der Waals surface area contributed by atoms with E-state index in [9.17, 15) is 4.79 Å². The van der Waals surface area contributed by atoms with E-state index in [1.54, 1.807) is 6.07 Å². The van der Waals surface area contributed by atoms with Crippen molar-refractivity contribution in [2.75, 3.05) is 13.2 Å². The van der Waals surface area contributed by atoms with Gasteiger partial charge in [-0.15, -0.1) is 0 Å². The maximum Gasteiger partial charge on any atom is 0.251 e. The monoisotopic (exact) mass is 383 g/mol. The zero-order valence-corrected chi connectivity index (χ0v) is 18.0. The molecule has 0 saturated carbocycles. The summed E-state index contributed by atoms with van der Waals surface area (Å²) in [7, 11) is 0. The molecule has 2 rings (SSSR count). The quantitative estimate of drug-likeness (QED) is 0.634. The first-order valence-electron chi connectivity index (χ1n) is 10.1. The molecule has 0 heterocycles. The number of hydrogen-bond donors (Lipinski definition) is 1. The highest BCUT2D eigenvalue weighted by atomic mass is 16.5. The molecular weight excluding hydrogens is 350 g/mol. The number of carbonyl (C=O) groups is 1. The molecule has 0 atom stereocenters. The molecule has 2 aromatic carbocycles. The van der Waals surface area contributed by atoms with Gasteiger partial charge in [-0.3, -0.25) is 4.79 Å². The number of carbonyl (C=O) groups excluding carboxylic acids is 1. The van der Waals surface area contributed by atoms with Crippen LogP contribution in [-0.4, -0.2) is 19.1 Å². The Bertz CT molecular complexity index is 812. The average molecular weight is 384 g/mol. The van der Waals surface area contributed by atoms with Crippen molar-refractivity contribution in [3.63, 3.8) is 0 Å². The summed E-state index contributed by atoms with van der Waals surface area (Å²) in [4.78, 5) is 12.5. The second-order valence-electron chi connectivity index (χ2n) is 7.69. The Morgan fingerprint density at radius 1 is 1.04 bits per heavy atom. The first-order chi connectivity index (χ1) is 13.3. The third-order valence-corrected chi connectivity index (χ3v) is 4.78. The highest BCUT2D eigenvalue weighted by Crippen LogP contribution is 2.27. The number of ether oxygens (including phenoxy) is 2. The van der Waals surface area contributed by atoms with Crippen LogP contribution in [0.25, 0.3) is 0 Å². The molecule has 152 valence electrons. The van der Waals surface area contributed by atoms with Crippen molar-refractivity contribution in [3.8, 4) is 11.5 Å². The van der Waals surface area contributed by atoms with Crippen LogP contribution in [0, 0.1) is 26.7 Å². The number of nitrogens with one attached hydrogen (secondary N) is 1. The molecule has 0 aromatic heterocycles. The van der Waals surface area contributed by atoms with Gasteiger partial charge in [0.1, 0.15) is 18.1 Å². The lowest BCUT2D eigenvalue weighted by atomic mass is 10.1. The Morgan fingerprint density at radius 2 is 1.79 bits per heavy atom. The van der Waals surface area contributed by atoms with Crippen molar-refractivity contribution in [2.45, 2.75) is 54.6 Å². The maximum atomic E-state index is 12.5. The fraction of sp³-hybridized carbons (Fsp3) is 0.458. The van der Waals surface area contributed by atoms with E-state index < -0.39 is 0 Å². The van der Waals surface area contributed by atoms with Gasteiger partial charge in [-0.2, -0.15) is 0 Å². The summed E-state index contributed by atoms with van der Waals surface area (Å²) >= 11 is 0. The molecule has 2 aromatic rings. The molecule has 0 radical (unpaired) electrons. The van der Waals surface area contributed by atoms with Gasteiger partial charge in [0.25, 0.3) is 5.91 Å². The number of rotatable bonds is 9. The van der Waals surface area contributed by atoms with E-state index in [-0.39, 0.29) is 5.91 Å². The van der Waals surface area contributed by atoms with Crippen LogP contribution in [-0.2, 0) is 6.61 Å². The lowest BCUT2D eigenvalue weighted by Gasteiger charge is -2.16. The maximum absolute atomic E-state index is 12.5. The Balaban J connectivity index is 2.18. The van der Waals surface area contributed by atoms with E-state index in [2.05, 4.69) is 46.0 Å². The number of aryl methyl sites for hydroxylation is 2. The molecule has 0 aliphatic carbocycles. The highest BCUT2D eigenvalue weighted by Gasteiger charge is 2.12. The average Bonchev–Trinajstić information content (AvgIpc) is 2.64. The lowest BCUT2D eigenvalue weighted by Crippen LogP contribution is -2.25. The van der Waals surface area contributed by atoms with Crippen molar-refractivity contribution in [1.29, 1.82) is 0 Å². The summed E-state index contributed by atoms with van der Waals surface area (Å²) in [5, 5.41) is 2.99. The van der Waals surface area contributed by atoms with Gasteiger partial charge in [-0.25, -0.2) is 0 Å². The topological polar surface area (TPSA) is 47.6 Å². The minimum absolute atomic E-state index is 0.0625. The normalized spacial score (nSPS) is 10.8. The smallest absolute Gasteiger partial charge is 0.251 e. The van der Waals surface area contributed by atoms with Crippen molar-refractivity contribution >= 4 is 5.91 Å². The molecule has 4 nitrogen and oxygen atoms in total. The van der Waals surface area contributed by atoms with Gasteiger partial charge in [0, 0.05) is 17.7 Å². The van der Waals surface area contributed by atoms with Gasteiger partial charge < -0.3 is 14.8 Å². The first kappa shape index (κ1) is 21.8. The summed E-state index contributed by atoms with van der Waals surface area (Å²) in [6.45, 7) is 14.0. The van der Waals surface area contributed by atoms with E-state index in [0.717, 1.165) is 29.0 Å². The van der Waals surface area contributed by atoms with Crippen LogP contribution in [0.2, 0.25) is 0 Å². The highest BCUT2D eigenvalue weighted by molar-refractivity contribution is 5.94. The summed E-state index contributed by atoms with van der Waals surface area (Å²) in [6.07, 6.45) is 0.963. The molecule has 1 N–H and O–H groups in total. The van der Waals surface area contributed by atoms with Gasteiger partial charge in [0.05, 0.1) is 6.61 Å². The molecule has 0 bridgehead atoms. The van der Waals surface area contributed by atoms with Gasteiger partial charge >= 0.3 is 0 Å². The van der Waals surface area contributed by atoms with E-state index >= 15 is 0 Å². The second kappa shape index (κ2) is 10.2. The van der Waals surface area contributed by atoms with Crippen LogP contribution in [0.4, 0.5) is 0 Å². The lowest BCUT2D eigenvalue weighted by molar-refractivity contribution is 0.0952. The molecule has 4 heteroatoms. The zero-order chi connectivity index (χ0) is 20.7. The van der Waals surface area contributed by atoms with Crippen LogP contribution in [0.3, 0.4) is 0 Å². The summed E-state index contributed by atoms with van der Waals surface area (Å²) < 4.78 is 11.8. The van der Waals surface area contributed by atoms with Crippen molar-refractivity contribution < 1.29 is 14.3 Å². The zero-order valence-electron chi connectivity index (χ0n) is 18.0. The molecule has 0 unspecified atom stereocenters. The van der Waals surface area contributed by atoms with Crippen molar-refractivity contribution in [1.82, 2.24) is 5.32 Å².